The first-order valence-electron chi connectivity index (χ1n) is 5.65. The highest BCUT2D eigenvalue weighted by Gasteiger charge is 2.19. The van der Waals surface area contributed by atoms with Crippen molar-refractivity contribution in [1.82, 2.24) is 0 Å². The van der Waals surface area contributed by atoms with Crippen LogP contribution in [0.4, 0.5) is 4.39 Å². The molecule has 0 aliphatic carbocycles. The van der Waals surface area contributed by atoms with Crippen LogP contribution in [0.1, 0.15) is 31.7 Å². The van der Waals surface area contributed by atoms with Crippen LogP contribution in [0.3, 0.4) is 0 Å². The van der Waals surface area contributed by atoms with E-state index in [1.165, 1.54) is 26.2 Å². The van der Waals surface area contributed by atoms with E-state index in [2.05, 4.69) is 0 Å². The van der Waals surface area contributed by atoms with Crippen LogP contribution in [0, 0.1) is 5.82 Å². The Hall–Kier alpha value is -1.13. The molecule has 3 nitrogen and oxygen atoms in total. The molecule has 0 saturated carbocycles. The van der Waals surface area contributed by atoms with Crippen molar-refractivity contribution in [3.05, 3.63) is 29.6 Å². The van der Waals surface area contributed by atoms with E-state index in [0.717, 1.165) is 0 Å². The van der Waals surface area contributed by atoms with Gasteiger partial charge in [0.25, 0.3) is 0 Å². The van der Waals surface area contributed by atoms with Gasteiger partial charge in [0, 0.05) is 0 Å². The average molecular weight is 242 g/mol. The van der Waals surface area contributed by atoms with Gasteiger partial charge in [-0.3, -0.25) is 0 Å². The fraction of sp³-hybridized carbons (Fsp3) is 0.538. The summed E-state index contributed by atoms with van der Waals surface area (Å²) in [6.45, 7) is 3.39. The van der Waals surface area contributed by atoms with E-state index < -0.39 is 12.2 Å². The van der Waals surface area contributed by atoms with Crippen molar-refractivity contribution in [3.63, 3.8) is 0 Å². The largest absolute Gasteiger partial charge is 0.496 e. The molecule has 0 aromatic heterocycles. The molecule has 96 valence electrons. The first-order chi connectivity index (χ1) is 7.95. The van der Waals surface area contributed by atoms with Crippen molar-refractivity contribution >= 4 is 0 Å². The van der Waals surface area contributed by atoms with Crippen molar-refractivity contribution in [2.45, 2.75) is 38.4 Å². The number of aliphatic hydroxyl groups is 2. The van der Waals surface area contributed by atoms with E-state index in [-0.39, 0.29) is 11.7 Å². The number of aliphatic hydroxyl groups excluding tert-OH is 2. The minimum absolute atomic E-state index is 0.0924. The highest BCUT2D eigenvalue weighted by Crippen LogP contribution is 2.30. The van der Waals surface area contributed by atoms with E-state index in [9.17, 15) is 14.6 Å². The van der Waals surface area contributed by atoms with Crippen LogP contribution >= 0.6 is 0 Å². The molecule has 0 aliphatic rings. The van der Waals surface area contributed by atoms with Gasteiger partial charge in [-0.2, -0.15) is 0 Å². The molecule has 0 amide bonds. The zero-order valence-corrected chi connectivity index (χ0v) is 10.4. The predicted molar refractivity (Wildman–Crippen MR) is 63.7 cm³/mol. The predicted octanol–water partition coefficient (Wildman–Crippen LogP) is 2.07. The van der Waals surface area contributed by atoms with Gasteiger partial charge in [0.2, 0.25) is 0 Å². The summed E-state index contributed by atoms with van der Waals surface area (Å²) in [5.74, 6) is 0.168. The van der Waals surface area contributed by atoms with Gasteiger partial charge in [0.1, 0.15) is 11.6 Å². The van der Waals surface area contributed by atoms with Crippen LogP contribution in [-0.2, 0) is 0 Å². The van der Waals surface area contributed by atoms with E-state index in [4.69, 9.17) is 4.74 Å². The smallest absolute Gasteiger partial charge is 0.123 e. The Bertz CT molecular complexity index is 366. The standard InChI is InChI=1S/C13H19FO3/c1-8(6-12(16)9(2)15)11-7-10(14)4-5-13(11)17-3/h4-5,7-9,12,15-16H,6H2,1-3H3. The van der Waals surface area contributed by atoms with Crippen LogP contribution in [0.2, 0.25) is 0 Å². The number of halogens is 1. The molecule has 1 aromatic rings. The molecular formula is C13H19FO3. The van der Waals surface area contributed by atoms with Crippen LogP contribution in [0.25, 0.3) is 0 Å². The third kappa shape index (κ3) is 3.68. The third-order valence-electron chi connectivity index (χ3n) is 2.87. The van der Waals surface area contributed by atoms with Crippen molar-refractivity contribution < 1.29 is 19.3 Å². The Morgan fingerprint density at radius 1 is 1.29 bits per heavy atom. The molecule has 4 heteroatoms. The maximum Gasteiger partial charge on any atom is 0.123 e. The molecule has 2 N–H and O–H groups in total. The number of hydrogen-bond donors (Lipinski definition) is 2. The molecule has 0 bridgehead atoms. The first kappa shape index (κ1) is 13.9. The molecule has 0 saturated heterocycles. The summed E-state index contributed by atoms with van der Waals surface area (Å²) in [4.78, 5) is 0. The first-order valence-corrected chi connectivity index (χ1v) is 5.65. The van der Waals surface area contributed by atoms with Crippen LogP contribution in [-0.4, -0.2) is 29.5 Å². The summed E-state index contributed by atoms with van der Waals surface area (Å²) in [5, 5.41) is 18.8. The Morgan fingerprint density at radius 2 is 1.94 bits per heavy atom. The monoisotopic (exact) mass is 242 g/mol. The van der Waals surface area contributed by atoms with Crippen LogP contribution in [0.5, 0.6) is 5.75 Å². The van der Waals surface area contributed by atoms with E-state index in [1.54, 1.807) is 6.07 Å². The van der Waals surface area contributed by atoms with E-state index >= 15 is 0 Å². The van der Waals surface area contributed by atoms with Crippen molar-refractivity contribution in [2.24, 2.45) is 0 Å². The topological polar surface area (TPSA) is 49.7 Å². The molecular weight excluding hydrogens is 223 g/mol. The fourth-order valence-corrected chi connectivity index (χ4v) is 1.78. The fourth-order valence-electron chi connectivity index (χ4n) is 1.78. The lowest BCUT2D eigenvalue weighted by Crippen LogP contribution is -2.24. The lowest BCUT2D eigenvalue weighted by atomic mass is 9.92. The number of ether oxygens (including phenoxy) is 1. The molecule has 0 heterocycles. The second kappa shape index (κ2) is 5.98. The van der Waals surface area contributed by atoms with E-state index in [0.29, 0.717) is 17.7 Å². The van der Waals surface area contributed by atoms with Gasteiger partial charge in [0.05, 0.1) is 19.3 Å². The number of methoxy groups -OCH3 is 1. The molecule has 1 rings (SSSR count). The maximum absolute atomic E-state index is 13.2. The average Bonchev–Trinajstić information content (AvgIpc) is 2.28. The molecule has 17 heavy (non-hydrogen) atoms. The Balaban J connectivity index is 2.87. The molecule has 0 spiro atoms. The normalized spacial score (nSPS) is 16.4. The van der Waals surface area contributed by atoms with Gasteiger partial charge in [-0.05, 0) is 43.0 Å². The highest BCUT2D eigenvalue weighted by molar-refractivity contribution is 5.36. The Morgan fingerprint density at radius 3 is 2.47 bits per heavy atom. The minimum Gasteiger partial charge on any atom is -0.496 e. The highest BCUT2D eigenvalue weighted by atomic mass is 19.1. The Labute approximate surface area is 101 Å². The number of hydrogen-bond acceptors (Lipinski definition) is 3. The number of benzene rings is 1. The zero-order valence-electron chi connectivity index (χ0n) is 10.4. The van der Waals surface area contributed by atoms with Crippen LogP contribution < -0.4 is 4.74 Å². The molecule has 0 fully saturated rings. The molecule has 1 aromatic carbocycles. The summed E-state index contributed by atoms with van der Waals surface area (Å²) in [6, 6.07) is 4.30. The number of rotatable bonds is 5. The van der Waals surface area contributed by atoms with Gasteiger partial charge in [0.15, 0.2) is 0 Å². The summed E-state index contributed by atoms with van der Waals surface area (Å²) in [7, 11) is 1.52. The minimum atomic E-state index is -0.821. The van der Waals surface area contributed by atoms with Crippen molar-refractivity contribution in [3.8, 4) is 5.75 Å². The molecule has 0 radical (unpaired) electrons. The second-order valence-electron chi connectivity index (χ2n) is 4.33. The lowest BCUT2D eigenvalue weighted by Gasteiger charge is -2.20. The molecule has 3 unspecified atom stereocenters. The quantitative estimate of drug-likeness (QED) is 0.831. The van der Waals surface area contributed by atoms with E-state index in [1.807, 2.05) is 6.92 Å². The van der Waals surface area contributed by atoms with Crippen molar-refractivity contribution in [2.75, 3.05) is 7.11 Å². The Kier molecular flexibility index (Phi) is 4.90. The molecule has 3 atom stereocenters. The third-order valence-corrected chi connectivity index (χ3v) is 2.87. The van der Waals surface area contributed by atoms with Gasteiger partial charge in [-0.1, -0.05) is 6.92 Å². The SMILES string of the molecule is COc1ccc(F)cc1C(C)CC(O)C(C)O. The van der Waals surface area contributed by atoms with Crippen molar-refractivity contribution in [1.29, 1.82) is 0 Å². The maximum atomic E-state index is 13.2. The molecule has 0 aliphatic heterocycles. The lowest BCUT2D eigenvalue weighted by molar-refractivity contribution is 0.0226. The summed E-state index contributed by atoms with van der Waals surface area (Å²) in [6.07, 6.45) is -1.26. The summed E-state index contributed by atoms with van der Waals surface area (Å²) < 4.78 is 18.3. The van der Waals surface area contributed by atoms with Gasteiger partial charge in [-0.25, -0.2) is 4.39 Å². The zero-order chi connectivity index (χ0) is 13.0. The van der Waals surface area contributed by atoms with Gasteiger partial charge >= 0.3 is 0 Å². The van der Waals surface area contributed by atoms with Gasteiger partial charge in [-0.15, -0.1) is 0 Å². The summed E-state index contributed by atoms with van der Waals surface area (Å²) >= 11 is 0. The second-order valence-corrected chi connectivity index (χ2v) is 4.33. The van der Waals surface area contributed by atoms with Crippen LogP contribution in [0.15, 0.2) is 18.2 Å². The summed E-state index contributed by atoms with van der Waals surface area (Å²) in [5.41, 5.74) is 0.701. The van der Waals surface area contributed by atoms with Gasteiger partial charge < -0.3 is 14.9 Å².